The van der Waals surface area contributed by atoms with E-state index in [0.717, 1.165) is 0 Å². The van der Waals surface area contributed by atoms with Crippen LogP contribution in [0.25, 0.3) is 11.3 Å². The molecule has 0 aliphatic carbocycles. The molecule has 0 unspecified atom stereocenters. The van der Waals surface area contributed by atoms with Gasteiger partial charge in [-0.25, -0.2) is 8.78 Å². The molecule has 1 aromatic carbocycles. The largest absolute Gasteiger partial charge is 0.384 e. The summed E-state index contributed by atoms with van der Waals surface area (Å²) in [5, 5.41) is 4.09. The van der Waals surface area contributed by atoms with E-state index in [0.29, 0.717) is 17.1 Å². The second-order valence-corrected chi connectivity index (χ2v) is 3.99. The van der Waals surface area contributed by atoms with Crippen LogP contribution in [0.1, 0.15) is 12.0 Å². The Hall–Kier alpha value is -1.62. The minimum atomic E-state index is -2.65. The highest BCUT2D eigenvalue weighted by atomic mass is 35.5. The van der Waals surface area contributed by atoms with E-state index in [-0.39, 0.29) is 10.6 Å². The zero-order valence-corrected chi connectivity index (χ0v) is 9.75. The standard InChI is InChI=1S/C11H10ClF2N3/c1-17-9(15)5-8(16-17)6-3-2-4-7(12)10(6)11(13)14/h2-5,11H,15H2,1H3. The summed E-state index contributed by atoms with van der Waals surface area (Å²) in [6.45, 7) is 0. The fourth-order valence-electron chi connectivity index (χ4n) is 1.60. The lowest BCUT2D eigenvalue weighted by atomic mass is 10.1. The third kappa shape index (κ3) is 2.10. The van der Waals surface area contributed by atoms with Gasteiger partial charge in [0, 0.05) is 24.2 Å². The molecule has 6 heteroatoms. The average molecular weight is 258 g/mol. The third-order valence-electron chi connectivity index (χ3n) is 2.46. The molecule has 0 saturated heterocycles. The lowest BCUT2D eigenvalue weighted by Gasteiger charge is -2.08. The van der Waals surface area contributed by atoms with E-state index in [9.17, 15) is 8.78 Å². The first-order valence-electron chi connectivity index (χ1n) is 4.87. The highest BCUT2D eigenvalue weighted by Gasteiger charge is 2.19. The van der Waals surface area contributed by atoms with Crippen LogP contribution >= 0.6 is 11.6 Å². The zero-order chi connectivity index (χ0) is 12.6. The Morgan fingerprint density at radius 2 is 2.12 bits per heavy atom. The number of alkyl halides is 2. The summed E-state index contributed by atoms with van der Waals surface area (Å²) in [5.41, 5.74) is 6.10. The molecule has 0 bridgehead atoms. The van der Waals surface area contributed by atoms with Crippen LogP contribution in [-0.4, -0.2) is 9.78 Å². The molecule has 0 radical (unpaired) electrons. The molecule has 0 aliphatic rings. The second kappa shape index (κ2) is 4.33. The molecule has 90 valence electrons. The number of benzene rings is 1. The molecule has 0 spiro atoms. The minimum Gasteiger partial charge on any atom is -0.384 e. The molecular formula is C11H10ClF2N3. The Morgan fingerprint density at radius 1 is 1.41 bits per heavy atom. The first kappa shape index (κ1) is 11.9. The number of nitrogens with two attached hydrogens (primary N) is 1. The highest BCUT2D eigenvalue weighted by Crippen LogP contribution is 2.36. The molecule has 2 aromatic rings. The van der Waals surface area contributed by atoms with E-state index in [1.807, 2.05) is 0 Å². The maximum atomic E-state index is 12.9. The molecular weight excluding hydrogens is 248 g/mol. The molecule has 3 nitrogen and oxygen atoms in total. The fourth-order valence-corrected chi connectivity index (χ4v) is 1.85. The molecule has 0 amide bonds. The van der Waals surface area contributed by atoms with Crippen molar-refractivity contribution in [3.8, 4) is 11.3 Å². The van der Waals surface area contributed by atoms with Gasteiger partial charge in [0.05, 0.1) is 10.7 Å². The zero-order valence-electron chi connectivity index (χ0n) is 8.99. The Bertz CT molecular complexity index is 532. The van der Waals surface area contributed by atoms with Gasteiger partial charge in [-0.3, -0.25) is 4.68 Å². The number of halogens is 3. The summed E-state index contributed by atoms with van der Waals surface area (Å²) in [6.07, 6.45) is -2.65. The van der Waals surface area contributed by atoms with Crippen LogP contribution in [0, 0.1) is 0 Å². The van der Waals surface area contributed by atoms with Gasteiger partial charge in [0.25, 0.3) is 6.43 Å². The van der Waals surface area contributed by atoms with Crippen molar-refractivity contribution < 1.29 is 8.78 Å². The van der Waals surface area contributed by atoms with Crippen molar-refractivity contribution in [1.82, 2.24) is 9.78 Å². The van der Waals surface area contributed by atoms with E-state index in [4.69, 9.17) is 17.3 Å². The van der Waals surface area contributed by atoms with Crippen LogP contribution in [0.15, 0.2) is 24.3 Å². The number of anilines is 1. The van der Waals surface area contributed by atoms with Crippen molar-refractivity contribution in [3.05, 3.63) is 34.9 Å². The fraction of sp³-hybridized carbons (Fsp3) is 0.182. The predicted octanol–water partition coefficient (Wildman–Crippen LogP) is 3.26. The predicted molar refractivity (Wildman–Crippen MR) is 63.0 cm³/mol. The Kier molecular flexibility index (Phi) is 3.02. The van der Waals surface area contributed by atoms with Gasteiger partial charge < -0.3 is 5.73 Å². The quantitative estimate of drug-likeness (QED) is 0.897. The van der Waals surface area contributed by atoms with E-state index >= 15 is 0 Å². The number of aryl methyl sites for hydroxylation is 1. The van der Waals surface area contributed by atoms with Gasteiger partial charge in [0.2, 0.25) is 0 Å². The molecule has 0 atom stereocenters. The number of hydrogen-bond acceptors (Lipinski definition) is 2. The highest BCUT2D eigenvalue weighted by molar-refractivity contribution is 6.31. The summed E-state index contributed by atoms with van der Waals surface area (Å²) in [6, 6.07) is 6.12. The summed E-state index contributed by atoms with van der Waals surface area (Å²) in [7, 11) is 1.64. The first-order chi connectivity index (χ1) is 8.00. The Morgan fingerprint density at radius 3 is 2.65 bits per heavy atom. The summed E-state index contributed by atoms with van der Waals surface area (Å²) < 4.78 is 27.3. The van der Waals surface area contributed by atoms with Crippen molar-refractivity contribution in [2.45, 2.75) is 6.43 Å². The van der Waals surface area contributed by atoms with E-state index < -0.39 is 6.43 Å². The van der Waals surface area contributed by atoms with E-state index in [1.165, 1.54) is 16.8 Å². The van der Waals surface area contributed by atoms with Gasteiger partial charge >= 0.3 is 0 Å². The van der Waals surface area contributed by atoms with Crippen LogP contribution in [0.4, 0.5) is 14.6 Å². The number of rotatable bonds is 2. The Balaban J connectivity index is 2.63. The van der Waals surface area contributed by atoms with Crippen molar-refractivity contribution >= 4 is 17.4 Å². The Labute approximate surface area is 102 Å². The van der Waals surface area contributed by atoms with Crippen molar-refractivity contribution in [1.29, 1.82) is 0 Å². The average Bonchev–Trinajstić information content (AvgIpc) is 2.58. The molecule has 0 saturated carbocycles. The van der Waals surface area contributed by atoms with Crippen molar-refractivity contribution in [3.63, 3.8) is 0 Å². The van der Waals surface area contributed by atoms with Gasteiger partial charge in [-0.1, -0.05) is 23.7 Å². The lowest BCUT2D eigenvalue weighted by molar-refractivity contribution is 0.152. The van der Waals surface area contributed by atoms with Crippen LogP contribution in [-0.2, 0) is 7.05 Å². The van der Waals surface area contributed by atoms with Gasteiger partial charge in [0.15, 0.2) is 0 Å². The molecule has 0 aliphatic heterocycles. The van der Waals surface area contributed by atoms with Crippen LogP contribution < -0.4 is 5.73 Å². The third-order valence-corrected chi connectivity index (χ3v) is 2.79. The van der Waals surface area contributed by atoms with Crippen LogP contribution in [0.5, 0.6) is 0 Å². The smallest absolute Gasteiger partial charge is 0.265 e. The molecule has 17 heavy (non-hydrogen) atoms. The molecule has 2 N–H and O–H groups in total. The second-order valence-electron chi connectivity index (χ2n) is 3.58. The monoisotopic (exact) mass is 257 g/mol. The maximum absolute atomic E-state index is 12.9. The van der Waals surface area contributed by atoms with Crippen molar-refractivity contribution in [2.75, 3.05) is 5.73 Å². The molecule has 1 heterocycles. The summed E-state index contributed by atoms with van der Waals surface area (Å²) >= 11 is 5.78. The van der Waals surface area contributed by atoms with E-state index in [1.54, 1.807) is 19.2 Å². The SMILES string of the molecule is Cn1nc(-c2cccc(Cl)c2C(F)F)cc1N. The molecule has 1 aromatic heterocycles. The normalized spacial score (nSPS) is 11.1. The summed E-state index contributed by atoms with van der Waals surface area (Å²) in [5.74, 6) is 0.403. The van der Waals surface area contributed by atoms with Gasteiger partial charge in [-0.2, -0.15) is 5.10 Å². The lowest BCUT2D eigenvalue weighted by Crippen LogP contribution is -1.97. The van der Waals surface area contributed by atoms with Crippen LogP contribution in [0.3, 0.4) is 0 Å². The maximum Gasteiger partial charge on any atom is 0.265 e. The van der Waals surface area contributed by atoms with Crippen molar-refractivity contribution in [2.24, 2.45) is 7.05 Å². The first-order valence-corrected chi connectivity index (χ1v) is 5.25. The topological polar surface area (TPSA) is 43.8 Å². The number of nitrogens with zero attached hydrogens (tertiary/aromatic N) is 2. The number of nitrogen functional groups attached to an aromatic ring is 1. The molecule has 2 rings (SSSR count). The van der Waals surface area contributed by atoms with Gasteiger partial charge in [-0.15, -0.1) is 0 Å². The number of hydrogen-bond donors (Lipinski definition) is 1. The van der Waals surface area contributed by atoms with Crippen LogP contribution in [0.2, 0.25) is 5.02 Å². The van der Waals surface area contributed by atoms with E-state index in [2.05, 4.69) is 5.10 Å². The molecule has 0 fully saturated rings. The number of aromatic nitrogens is 2. The van der Waals surface area contributed by atoms with Gasteiger partial charge in [-0.05, 0) is 6.07 Å². The van der Waals surface area contributed by atoms with Gasteiger partial charge in [0.1, 0.15) is 5.82 Å². The summed E-state index contributed by atoms with van der Waals surface area (Å²) in [4.78, 5) is 0. The minimum absolute atomic E-state index is 0.0294.